The molecule has 0 aliphatic heterocycles. The van der Waals surface area contributed by atoms with Crippen LogP contribution in [0.2, 0.25) is 5.22 Å². The van der Waals surface area contributed by atoms with Gasteiger partial charge in [0.2, 0.25) is 0 Å². The summed E-state index contributed by atoms with van der Waals surface area (Å²) < 4.78 is 5.17. The third-order valence-corrected chi connectivity index (χ3v) is 3.94. The van der Waals surface area contributed by atoms with Gasteiger partial charge in [-0.1, -0.05) is 45.0 Å². The largest absolute Gasteiger partial charge is 0.453 e. The second-order valence-electron chi connectivity index (χ2n) is 6.14. The molecule has 0 radical (unpaired) electrons. The Morgan fingerprint density at radius 2 is 1.80 bits per heavy atom. The quantitative estimate of drug-likeness (QED) is 0.880. The summed E-state index contributed by atoms with van der Waals surface area (Å²) in [6, 6.07) is 10.9. The highest BCUT2D eigenvalue weighted by molar-refractivity contribution is 6.29. The van der Waals surface area contributed by atoms with E-state index < -0.39 is 0 Å². The first kappa shape index (κ1) is 15.1. The van der Waals surface area contributed by atoms with E-state index >= 15 is 0 Å². The van der Waals surface area contributed by atoms with Gasteiger partial charge < -0.3 is 9.73 Å². The summed E-state index contributed by atoms with van der Waals surface area (Å²) in [7, 11) is 1.94. The molecule has 0 spiro atoms. The molecule has 2 nitrogen and oxygen atoms in total. The van der Waals surface area contributed by atoms with E-state index in [-0.39, 0.29) is 11.5 Å². The van der Waals surface area contributed by atoms with Crippen molar-refractivity contribution in [2.24, 2.45) is 0 Å². The van der Waals surface area contributed by atoms with Crippen molar-refractivity contribution in [2.45, 2.75) is 38.6 Å². The van der Waals surface area contributed by atoms with Gasteiger partial charge in [0.1, 0.15) is 0 Å². The lowest BCUT2D eigenvalue weighted by Gasteiger charge is -2.20. The molecule has 0 bridgehead atoms. The predicted molar refractivity (Wildman–Crippen MR) is 84.4 cm³/mol. The highest BCUT2D eigenvalue weighted by Crippen LogP contribution is 2.28. The minimum atomic E-state index is 0.168. The number of rotatable bonds is 4. The van der Waals surface area contributed by atoms with Gasteiger partial charge in [0.25, 0.3) is 0 Å². The van der Waals surface area contributed by atoms with Crippen molar-refractivity contribution in [3.8, 4) is 0 Å². The molecule has 1 unspecified atom stereocenters. The number of hydrogen-bond acceptors (Lipinski definition) is 2. The lowest BCUT2D eigenvalue weighted by molar-refractivity contribution is 0.544. The monoisotopic (exact) mass is 291 g/mol. The van der Waals surface area contributed by atoms with Gasteiger partial charge in [-0.2, -0.15) is 0 Å². The maximum absolute atomic E-state index is 6.06. The number of hydrogen-bond donors (Lipinski definition) is 1. The van der Waals surface area contributed by atoms with Crippen LogP contribution in [-0.2, 0) is 11.8 Å². The Hall–Kier alpha value is -1.25. The Labute approximate surface area is 126 Å². The Balaban J connectivity index is 2.15. The molecule has 1 N–H and O–H groups in total. The molecule has 1 aromatic heterocycles. The van der Waals surface area contributed by atoms with E-state index in [1.54, 1.807) is 6.26 Å². The van der Waals surface area contributed by atoms with Crippen LogP contribution in [0.25, 0.3) is 0 Å². The standard InChI is InChI=1S/C17H22ClNO/c1-17(2,3)13-7-5-12(6-8-13)11-15(19-4)14-9-10-20-16(14)18/h5-10,15,19H,11H2,1-4H3. The first-order chi connectivity index (χ1) is 9.41. The zero-order chi connectivity index (χ0) is 14.8. The van der Waals surface area contributed by atoms with Gasteiger partial charge in [-0.05, 0) is 47.7 Å². The molecule has 3 heteroatoms. The van der Waals surface area contributed by atoms with Gasteiger partial charge in [0.05, 0.1) is 6.26 Å². The molecule has 1 heterocycles. The molecule has 2 rings (SSSR count). The average Bonchev–Trinajstić information content (AvgIpc) is 2.82. The van der Waals surface area contributed by atoms with Crippen molar-refractivity contribution >= 4 is 11.6 Å². The van der Waals surface area contributed by atoms with Gasteiger partial charge in [-0.15, -0.1) is 0 Å². The zero-order valence-corrected chi connectivity index (χ0v) is 13.3. The maximum Gasteiger partial charge on any atom is 0.197 e. The Bertz CT molecular complexity index is 551. The summed E-state index contributed by atoms with van der Waals surface area (Å²) in [6.45, 7) is 6.68. The highest BCUT2D eigenvalue weighted by Gasteiger charge is 2.17. The van der Waals surface area contributed by atoms with Crippen molar-refractivity contribution in [3.63, 3.8) is 0 Å². The molecule has 0 saturated carbocycles. The number of benzene rings is 1. The Morgan fingerprint density at radius 1 is 1.15 bits per heavy atom. The number of likely N-dealkylation sites (N-methyl/N-ethyl adjacent to an activating group) is 1. The maximum atomic E-state index is 6.06. The summed E-state index contributed by atoms with van der Waals surface area (Å²) in [5.41, 5.74) is 3.83. The molecule has 0 aliphatic carbocycles. The summed E-state index contributed by atoms with van der Waals surface area (Å²) >= 11 is 6.06. The van der Waals surface area contributed by atoms with E-state index in [4.69, 9.17) is 16.0 Å². The van der Waals surface area contributed by atoms with E-state index in [9.17, 15) is 0 Å². The fourth-order valence-corrected chi connectivity index (χ4v) is 2.54. The normalized spacial score (nSPS) is 13.4. The van der Waals surface area contributed by atoms with E-state index in [0.717, 1.165) is 12.0 Å². The molecule has 108 valence electrons. The van der Waals surface area contributed by atoms with E-state index in [2.05, 4.69) is 50.4 Å². The van der Waals surface area contributed by atoms with Crippen molar-refractivity contribution in [3.05, 3.63) is 58.5 Å². The molecule has 0 saturated heterocycles. The van der Waals surface area contributed by atoms with Crippen LogP contribution < -0.4 is 5.32 Å². The minimum Gasteiger partial charge on any atom is -0.453 e. The van der Waals surface area contributed by atoms with Gasteiger partial charge in [0.15, 0.2) is 5.22 Å². The molecule has 0 amide bonds. The molecule has 20 heavy (non-hydrogen) atoms. The smallest absolute Gasteiger partial charge is 0.197 e. The van der Waals surface area contributed by atoms with Gasteiger partial charge in [-0.25, -0.2) is 0 Å². The lowest BCUT2D eigenvalue weighted by atomic mass is 9.86. The lowest BCUT2D eigenvalue weighted by Crippen LogP contribution is -2.18. The topological polar surface area (TPSA) is 25.2 Å². The fourth-order valence-electron chi connectivity index (χ4n) is 2.30. The molecule has 0 aliphatic rings. The first-order valence-electron chi connectivity index (χ1n) is 6.91. The Morgan fingerprint density at radius 3 is 2.25 bits per heavy atom. The molecular formula is C17H22ClNO. The first-order valence-corrected chi connectivity index (χ1v) is 7.29. The number of nitrogens with one attached hydrogen (secondary N) is 1. The van der Waals surface area contributed by atoms with Crippen LogP contribution in [0.5, 0.6) is 0 Å². The summed E-state index contributed by atoms with van der Waals surface area (Å²) in [5.74, 6) is 0. The van der Waals surface area contributed by atoms with Gasteiger partial charge in [0, 0.05) is 11.6 Å². The van der Waals surface area contributed by atoms with Gasteiger partial charge >= 0.3 is 0 Å². The molecular weight excluding hydrogens is 270 g/mol. The summed E-state index contributed by atoms with van der Waals surface area (Å²) in [5, 5.41) is 3.76. The van der Waals surface area contributed by atoms with Crippen LogP contribution >= 0.6 is 11.6 Å². The van der Waals surface area contributed by atoms with Gasteiger partial charge in [-0.3, -0.25) is 0 Å². The summed E-state index contributed by atoms with van der Waals surface area (Å²) in [4.78, 5) is 0. The highest BCUT2D eigenvalue weighted by atomic mass is 35.5. The Kier molecular flexibility index (Phi) is 4.56. The van der Waals surface area contributed by atoms with E-state index in [1.165, 1.54) is 11.1 Å². The molecule has 1 atom stereocenters. The van der Waals surface area contributed by atoms with Crippen LogP contribution in [0.1, 0.15) is 43.5 Å². The molecule has 0 fully saturated rings. The van der Waals surface area contributed by atoms with Crippen molar-refractivity contribution in [1.82, 2.24) is 5.32 Å². The van der Waals surface area contributed by atoms with E-state index in [0.29, 0.717) is 5.22 Å². The second kappa shape index (κ2) is 6.02. The van der Waals surface area contributed by atoms with Crippen LogP contribution in [0.4, 0.5) is 0 Å². The van der Waals surface area contributed by atoms with Crippen molar-refractivity contribution in [1.29, 1.82) is 0 Å². The van der Waals surface area contributed by atoms with Crippen LogP contribution in [0.3, 0.4) is 0 Å². The van der Waals surface area contributed by atoms with Crippen LogP contribution in [-0.4, -0.2) is 7.05 Å². The third kappa shape index (κ3) is 3.44. The summed E-state index contributed by atoms with van der Waals surface area (Å²) in [6.07, 6.45) is 2.52. The van der Waals surface area contributed by atoms with Crippen molar-refractivity contribution < 1.29 is 4.42 Å². The number of halogens is 1. The zero-order valence-electron chi connectivity index (χ0n) is 12.5. The predicted octanol–water partition coefficient (Wildman–Crippen LogP) is 4.73. The minimum absolute atomic E-state index is 0.168. The third-order valence-electron chi connectivity index (χ3n) is 3.63. The van der Waals surface area contributed by atoms with Crippen molar-refractivity contribution in [2.75, 3.05) is 7.05 Å². The average molecular weight is 292 g/mol. The van der Waals surface area contributed by atoms with E-state index in [1.807, 2.05) is 13.1 Å². The number of furan rings is 1. The molecule has 1 aromatic carbocycles. The fraction of sp³-hybridized carbons (Fsp3) is 0.412. The second-order valence-corrected chi connectivity index (χ2v) is 6.49. The van der Waals surface area contributed by atoms with Crippen LogP contribution in [0, 0.1) is 0 Å². The van der Waals surface area contributed by atoms with Crippen LogP contribution in [0.15, 0.2) is 41.0 Å². The molecule has 2 aromatic rings. The SMILES string of the molecule is CNC(Cc1ccc(C(C)(C)C)cc1)c1ccoc1Cl.